The Morgan fingerprint density at radius 2 is 1.25 bits per heavy atom. The molecule has 8 N–H and O–H groups in total. The van der Waals surface area contributed by atoms with E-state index in [0.717, 1.165) is 0 Å². The Kier molecular flexibility index (Phi) is 118. The summed E-state index contributed by atoms with van der Waals surface area (Å²) >= 11 is 0. The number of rotatable bonds is 0. The molecular formula is C2H10ClN3O2. The second-order valence-electron chi connectivity index (χ2n) is 0.402. The molecular weight excluding hydrogens is 133 g/mol. The van der Waals surface area contributed by atoms with E-state index in [0.29, 0.717) is 0 Å². The molecule has 0 heterocycles. The monoisotopic (exact) mass is 143 g/mol. The van der Waals surface area contributed by atoms with Crippen LogP contribution in [0.2, 0.25) is 0 Å². The van der Waals surface area contributed by atoms with E-state index in [1.165, 1.54) is 0 Å². The molecule has 0 atom stereocenters. The van der Waals surface area contributed by atoms with Gasteiger partial charge in [0.1, 0.15) is 6.79 Å². The van der Waals surface area contributed by atoms with Crippen LogP contribution in [0, 0.1) is 0 Å². The normalized spacial score (nSPS) is 3.50. The summed E-state index contributed by atoms with van der Waals surface area (Å²) in [5, 5.41) is 0. The van der Waals surface area contributed by atoms with Crippen LogP contribution in [0.5, 0.6) is 0 Å². The zero-order chi connectivity index (χ0) is 5.58. The van der Waals surface area contributed by atoms with Crippen LogP contribution in [0.25, 0.3) is 0 Å². The second kappa shape index (κ2) is 34.8. The SMILES string of the molecule is C=O.NC(N)=O.[Cl-].[NH4+]. The fraction of sp³-hybridized carbons (Fsp3) is 0. The minimum atomic E-state index is -0.833. The van der Waals surface area contributed by atoms with Gasteiger partial charge in [0.2, 0.25) is 0 Å². The number of nitrogens with two attached hydrogens (primary N) is 2. The highest BCUT2D eigenvalue weighted by molar-refractivity contribution is 5.69. The Morgan fingerprint density at radius 1 is 1.25 bits per heavy atom. The van der Waals surface area contributed by atoms with Crippen LogP contribution >= 0.6 is 0 Å². The molecule has 0 spiro atoms. The van der Waals surface area contributed by atoms with Crippen molar-refractivity contribution < 1.29 is 22.0 Å². The molecule has 0 radical (unpaired) electrons. The van der Waals surface area contributed by atoms with Crippen molar-refractivity contribution in [3.05, 3.63) is 0 Å². The summed E-state index contributed by atoms with van der Waals surface area (Å²) in [6, 6.07) is -0.833. The van der Waals surface area contributed by atoms with Crippen molar-refractivity contribution in [1.82, 2.24) is 6.15 Å². The van der Waals surface area contributed by atoms with Crippen molar-refractivity contribution in [2.24, 2.45) is 11.5 Å². The number of quaternary nitrogens is 1. The van der Waals surface area contributed by atoms with Crippen LogP contribution in [0.4, 0.5) is 4.79 Å². The first-order valence-electron chi connectivity index (χ1n) is 1.07. The smallest absolute Gasteiger partial charge is 0.309 e. The molecule has 0 aliphatic heterocycles. The van der Waals surface area contributed by atoms with E-state index in [1.54, 1.807) is 0 Å². The molecule has 2 amide bonds. The predicted octanol–water partition coefficient (Wildman–Crippen LogP) is -3.78. The van der Waals surface area contributed by atoms with Crippen molar-refractivity contribution in [1.29, 1.82) is 0 Å². The summed E-state index contributed by atoms with van der Waals surface area (Å²) in [6.07, 6.45) is 0. The Morgan fingerprint density at radius 3 is 1.25 bits per heavy atom. The summed E-state index contributed by atoms with van der Waals surface area (Å²) < 4.78 is 0. The molecule has 0 aromatic carbocycles. The van der Waals surface area contributed by atoms with Crippen LogP contribution < -0.4 is 30.0 Å². The van der Waals surface area contributed by atoms with Crippen molar-refractivity contribution >= 4 is 12.8 Å². The quantitative estimate of drug-likeness (QED) is 0.322. The third-order valence-corrected chi connectivity index (χ3v) is 0. The van der Waals surface area contributed by atoms with Crippen LogP contribution in [0.1, 0.15) is 0 Å². The lowest BCUT2D eigenvalue weighted by Crippen LogP contribution is -3.00. The van der Waals surface area contributed by atoms with Gasteiger partial charge in [-0.15, -0.1) is 0 Å². The number of halogens is 1. The molecule has 0 aliphatic carbocycles. The number of carbonyl (C=O) groups is 2. The maximum atomic E-state index is 9.00. The third kappa shape index (κ3) is 139. The summed E-state index contributed by atoms with van der Waals surface area (Å²) in [7, 11) is 0. The number of hydrogen-bond donors (Lipinski definition) is 3. The molecule has 6 heteroatoms. The molecule has 0 aromatic rings. The van der Waals surface area contributed by atoms with E-state index in [-0.39, 0.29) is 18.6 Å². The van der Waals surface area contributed by atoms with Gasteiger partial charge >= 0.3 is 6.03 Å². The van der Waals surface area contributed by atoms with Gasteiger partial charge in [-0.2, -0.15) is 0 Å². The first-order valence-corrected chi connectivity index (χ1v) is 1.07. The highest BCUT2D eigenvalue weighted by Crippen LogP contribution is 1.25. The Bertz CT molecular complexity index is 46.5. The summed E-state index contributed by atoms with van der Waals surface area (Å²) in [6.45, 7) is 2.00. The molecule has 0 rings (SSSR count). The average molecular weight is 144 g/mol. The van der Waals surface area contributed by atoms with Gasteiger partial charge in [-0.25, -0.2) is 4.79 Å². The van der Waals surface area contributed by atoms with Gasteiger partial charge in [-0.05, 0) is 0 Å². The molecule has 0 saturated carbocycles. The van der Waals surface area contributed by atoms with Crippen LogP contribution in [0.15, 0.2) is 0 Å². The maximum Gasteiger partial charge on any atom is 0.309 e. The van der Waals surface area contributed by atoms with Crippen LogP contribution in [0.3, 0.4) is 0 Å². The van der Waals surface area contributed by atoms with E-state index in [2.05, 4.69) is 11.5 Å². The minimum absolute atomic E-state index is 0. The lowest BCUT2D eigenvalue weighted by atomic mass is 11.2. The Labute approximate surface area is 53.4 Å². The van der Waals surface area contributed by atoms with E-state index >= 15 is 0 Å². The van der Waals surface area contributed by atoms with Crippen molar-refractivity contribution in [2.75, 3.05) is 0 Å². The van der Waals surface area contributed by atoms with Crippen LogP contribution in [-0.2, 0) is 4.79 Å². The molecule has 0 aliphatic rings. The highest BCUT2D eigenvalue weighted by atomic mass is 35.5. The molecule has 0 bridgehead atoms. The maximum absolute atomic E-state index is 9.00. The van der Waals surface area contributed by atoms with Gasteiger partial charge in [0.05, 0.1) is 0 Å². The van der Waals surface area contributed by atoms with Crippen molar-refractivity contribution in [3.63, 3.8) is 0 Å². The third-order valence-electron chi connectivity index (χ3n) is 0. The number of amides is 2. The first kappa shape index (κ1) is 27.1. The Hall–Kier alpha value is -0.810. The molecule has 5 nitrogen and oxygen atoms in total. The summed E-state index contributed by atoms with van der Waals surface area (Å²) in [4.78, 5) is 17.0. The first-order chi connectivity index (χ1) is 2.73. The fourth-order valence-corrected chi connectivity index (χ4v) is 0. The zero-order valence-corrected chi connectivity index (χ0v) is 5.31. The molecule has 8 heavy (non-hydrogen) atoms. The van der Waals surface area contributed by atoms with E-state index in [1.807, 2.05) is 6.79 Å². The predicted molar refractivity (Wildman–Crippen MR) is 26.9 cm³/mol. The van der Waals surface area contributed by atoms with Gasteiger partial charge in [0.15, 0.2) is 0 Å². The number of urea groups is 1. The fourth-order valence-electron chi connectivity index (χ4n) is 0. The van der Waals surface area contributed by atoms with E-state index in [9.17, 15) is 0 Å². The molecule has 0 saturated heterocycles. The topological polar surface area (TPSA) is 123 Å². The van der Waals surface area contributed by atoms with Crippen molar-refractivity contribution in [3.8, 4) is 0 Å². The Balaban J connectivity index is -0.0000000183. The van der Waals surface area contributed by atoms with Gasteiger partial charge in [0.25, 0.3) is 0 Å². The number of carbonyl (C=O) groups excluding carboxylic acids is 2. The zero-order valence-electron chi connectivity index (χ0n) is 4.56. The number of hydrogen-bond acceptors (Lipinski definition) is 2. The molecule has 0 aromatic heterocycles. The van der Waals surface area contributed by atoms with E-state index < -0.39 is 6.03 Å². The van der Waals surface area contributed by atoms with Crippen molar-refractivity contribution in [2.45, 2.75) is 0 Å². The van der Waals surface area contributed by atoms with Gasteiger partial charge in [0, 0.05) is 0 Å². The molecule has 0 unspecified atom stereocenters. The molecule has 0 fully saturated rings. The minimum Gasteiger partial charge on any atom is -1.00 e. The number of primary amides is 2. The van der Waals surface area contributed by atoms with Gasteiger partial charge in [-0.3, -0.25) is 0 Å². The highest BCUT2D eigenvalue weighted by Gasteiger charge is 1.60. The van der Waals surface area contributed by atoms with Gasteiger partial charge in [-0.1, -0.05) is 0 Å². The molecule has 52 valence electrons. The standard InChI is InChI=1S/CH4N2O.CH2O.ClH.H3N/c2-1(3)4;1-2;;/h(H4,2,3,4);1H2;1H;1H3. The lowest BCUT2D eigenvalue weighted by molar-refractivity contribution is -0.0980. The second-order valence-corrected chi connectivity index (χ2v) is 0.402. The summed E-state index contributed by atoms with van der Waals surface area (Å²) in [5.41, 5.74) is 8.50. The van der Waals surface area contributed by atoms with Gasteiger partial charge < -0.3 is 34.8 Å². The van der Waals surface area contributed by atoms with E-state index in [4.69, 9.17) is 9.59 Å². The average Bonchev–Trinajstić information content (AvgIpc) is 1.41. The lowest BCUT2D eigenvalue weighted by Gasteiger charge is -1.62. The largest absolute Gasteiger partial charge is 1.00 e. The summed E-state index contributed by atoms with van der Waals surface area (Å²) in [5.74, 6) is 0. The van der Waals surface area contributed by atoms with Crippen LogP contribution in [-0.4, -0.2) is 12.8 Å².